The van der Waals surface area contributed by atoms with Gasteiger partial charge < -0.3 is 4.74 Å². The van der Waals surface area contributed by atoms with Gasteiger partial charge in [0.05, 0.1) is 12.3 Å². The first-order valence-corrected chi connectivity index (χ1v) is 9.20. The first-order chi connectivity index (χ1) is 11.3. The Kier molecular flexibility index (Phi) is 5.46. The molecule has 122 valence electrons. The fraction of sp³-hybridized carbons (Fsp3) is 0.471. The summed E-state index contributed by atoms with van der Waals surface area (Å²) < 4.78 is 5.76. The largest absolute Gasteiger partial charge is 0.477 e. The summed E-state index contributed by atoms with van der Waals surface area (Å²) in [6.45, 7) is 5.54. The standard InChI is InChI=1S/C17H22N4OS/c1-3-9-22-16-13(5-4-7-18-16)11-21-8-6-15-14(12-21)10-19-17(20-15)23-2/h4-5,7,10H,3,6,8-9,11-12H2,1-2H3. The van der Waals surface area contributed by atoms with Gasteiger partial charge in [-0.2, -0.15) is 0 Å². The lowest BCUT2D eigenvalue weighted by Crippen LogP contribution is -2.31. The van der Waals surface area contributed by atoms with Gasteiger partial charge in [-0.1, -0.05) is 24.8 Å². The zero-order valence-corrected chi connectivity index (χ0v) is 14.5. The molecule has 23 heavy (non-hydrogen) atoms. The van der Waals surface area contributed by atoms with E-state index in [1.54, 1.807) is 18.0 Å². The Labute approximate surface area is 141 Å². The maximum absolute atomic E-state index is 5.76. The molecular weight excluding hydrogens is 308 g/mol. The molecule has 2 aromatic heterocycles. The maximum Gasteiger partial charge on any atom is 0.217 e. The van der Waals surface area contributed by atoms with E-state index in [2.05, 4.69) is 32.8 Å². The van der Waals surface area contributed by atoms with Gasteiger partial charge in [0.2, 0.25) is 5.88 Å². The molecule has 0 saturated carbocycles. The van der Waals surface area contributed by atoms with E-state index in [0.29, 0.717) is 6.61 Å². The van der Waals surface area contributed by atoms with Crippen molar-refractivity contribution in [3.63, 3.8) is 0 Å². The summed E-state index contributed by atoms with van der Waals surface area (Å²) in [6, 6.07) is 4.07. The third kappa shape index (κ3) is 4.00. The normalized spacial score (nSPS) is 14.5. The van der Waals surface area contributed by atoms with Crippen molar-refractivity contribution >= 4 is 11.8 Å². The highest BCUT2D eigenvalue weighted by Gasteiger charge is 2.19. The van der Waals surface area contributed by atoms with Crippen LogP contribution in [0.25, 0.3) is 0 Å². The molecule has 5 nitrogen and oxygen atoms in total. The number of hydrogen-bond donors (Lipinski definition) is 0. The first-order valence-electron chi connectivity index (χ1n) is 7.98. The molecule has 1 aliphatic heterocycles. The second kappa shape index (κ2) is 7.75. The lowest BCUT2D eigenvalue weighted by atomic mass is 10.1. The van der Waals surface area contributed by atoms with Crippen LogP contribution in [0, 0.1) is 0 Å². The first kappa shape index (κ1) is 16.2. The molecule has 0 saturated heterocycles. The number of aromatic nitrogens is 3. The average Bonchev–Trinajstić information content (AvgIpc) is 2.60. The Balaban J connectivity index is 1.70. The summed E-state index contributed by atoms with van der Waals surface area (Å²) in [5.74, 6) is 0.758. The molecule has 0 aromatic carbocycles. The van der Waals surface area contributed by atoms with Crippen LogP contribution in [-0.4, -0.2) is 39.3 Å². The van der Waals surface area contributed by atoms with Crippen LogP contribution in [0.15, 0.2) is 29.7 Å². The van der Waals surface area contributed by atoms with Gasteiger partial charge in [-0.05, 0) is 18.7 Å². The molecule has 0 radical (unpaired) electrons. The Bertz CT molecular complexity index is 665. The van der Waals surface area contributed by atoms with Gasteiger partial charge >= 0.3 is 0 Å². The van der Waals surface area contributed by atoms with Crippen LogP contribution < -0.4 is 4.74 Å². The highest BCUT2D eigenvalue weighted by Crippen LogP contribution is 2.23. The smallest absolute Gasteiger partial charge is 0.217 e. The molecular formula is C17H22N4OS. The summed E-state index contributed by atoms with van der Waals surface area (Å²) in [5, 5.41) is 0.861. The van der Waals surface area contributed by atoms with Crippen molar-refractivity contribution in [1.29, 1.82) is 0 Å². The van der Waals surface area contributed by atoms with Crippen molar-refractivity contribution in [3.05, 3.63) is 41.3 Å². The van der Waals surface area contributed by atoms with E-state index < -0.39 is 0 Å². The number of nitrogens with zero attached hydrogens (tertiary/aromatic N) is 4. The molecule has 0 bridgehead atoms. The molecule has 0 fully saturated rings. The molecule has 6 heteroatoms. The quantitative estimate of drug-likeness (QED) is 0.599. The second-order valence-corrected chi connectivity index (χ2v) is 6.38. The Morgan fingerprint density at radius 3 is 3.09 bits per heavy atom. The van der Waals surface area contributed by atoms with E-state index in [-0.39, 0.29) is 0 Å². The predicted molar refractivity (Wildman–Crippen MR) is 91.7 cm³/mol. The van der Waals surface area contributed by atoms with Gasteiger partial charge in [-0.15, -0.1) is 0 Å². The summed E-state index contributed by atoms with van der Waals surface area (Å²) >= 11 is 1.59. The van der Waals surface area contributed by atoms with E-state index in [0.717, 1.165) is 49.1 Å². The third-order valence-electron chi connectivity index (χ3n) is 3.86. The predicted octanol–water partition coefficient (Wildman–Crippen LogP) is 2.94. The number of rotatable bonds is 6. The van der Waals surface area contributed by atoms with Crippen LogP contribution in [-0.2, 0) is 19.5 Å². The minimum Gasteiger partial charge on any atom is -0.477 e. The van der Waals surface area contributed by atoms with Crippen molar-refractivity contribution in [1.82, 2.24) is 19.9 Å². The van der Waals surface area contributed by atoms with Crippen LogP contribution in [0.2, 0.25) is 0 Å². The van der Waals surface area contributed by atoms with Gasteiger partial charge in [0.15, 0.2) is 5.16 Å². The van der Waals surface area contributed by atoms with Crippen LogP contribution in [0.5, 0.6) is 5.88 Å². The van der Waals surface area contributed by atoms with E-state index in [4.69, 9.17) is 4.74 Å². The Morgan fingerprint density at radius 1 is 1.35 bits per heavy atom. The molecule has 2 aromatic rings. The van der Waals surface area contributed by atoms with Crippen molar-refractivity contribution in [2.75, 3.05) is 19.4 Å². The minimum absolute atomic E-state index is 0.706. The molecule has 1 aliphatic rings. The maximum atomic E-state index is 5.76. The van der Waals surface area contributed by atoms with Crippen molar-refractivity contribution < 1.29 is 4.74 Å². The monoisotopic (exact) mass is 330 g/mol. The molecule has 3 rings (SSSR count). The van der Waals surface area contributed by atoms with Crippen molar-refractivity contribution in [3.8, 4) is 5.88 Å². The summed E-state index contributed by atoms with van der Waals surface area (Å²) in [7, 11) is 0. The summed E-state index contributed by atoms with van der Waals surface area (Å²) in [4.78, 5) is 15.8. The van der Waals surface area contributed by atoms with Gasteiger partial charge in [0.1, 0.15) is 0 Å². The fourth-order valence-corrected chi connectivity index (χ4v) is 3.06. The Morgan fingerprint density at radius 2 is 2.26 bits per heavy atom. The number of thioether (sulfide) groups is 1. The van der Waals surface area contributed by atoms with E-state index in [1.807, 2.05) is 18.5 Å². The molecule has 3 heterocycles. The minimum atomic E-state index is 0.706. The summed E-state index contributed by atoms with van der Waals surface area (Å²) in [6.07, 6.45) is 7.73. The molecule has 0 N–H and O–H groups in total. The molecule has 0 unspecified atom stereocenters. The number of pyridine rings is 1. The van der Waals surface area contributed by atoms with Crippen molar-refractivity contribution in [2.24, 2.45) is 0 Å². The van der Waals surface area contributed by atoms with E-state index >= 15 is 0 Å². The number of fused-ring (bicyclic) bond motifs is 1. The lowest BCUT2D eigenvalue weighted by molar-refractivity contribution is 0.232. The SMILES string of the molecule is CCCOc1ncccc1CN1CCc2nc(SC)ncc2C1. The second-order valence-electron chi connectivity index (χ2n) is 5.61. The fourth-order valence-electron chi connectivity index (χ4n) is 2.70. The lowest BCUT2D eigenvalue weighted by Gasteiger charge is -2.28. The zero-order chi connectivity index (χ0) is 16.1. The van der Waals surface area contributed by atoms with Gasteiger partial charge in [-0.25, -0.2) is 15.0 Å². The van der Waals surface area contributed by atoms with E-state index in [9.17, 15) is 0 Å². The highest BCUT2D eigenvalue weighted by atomic mass is 32.2. The van der Waals surface area contributed by atoms with Crippen molar-refractivity contribution in [2.45, 2.75) is 38.0 Å². The molecule has 0 amide bonds. The molecule has 0 spiro atoms. The van der Waals surface area contributed by atoms with Crippen LogP contribution in [0.1, 0.15) is 30.2 Å². The van der Waals surface area contributed by atoms with E-state index in [1.165, 1.54) is 11.3 Å². The van der Waals surface area contributed by atoms with Gasteiger partial charge in [-0.3, -0.25) is 4.90 Å². The van der Waals surface area contributed by atoms with Gasteiger partial charge in [0, 0.05) is 49.6 Å². The van der Waals surface area contributed by atoms with Crippen LogP contribution >= 0.6 is 11.8 Å². The third-order valence-corrected chi connectivity index (χ3v) is 4.42. The van der Waals surface area contributed by atoms with Gasteiger partial charge in [0.25, 0.3) is 0 Å². The molecule has 0 aliphatic carbocycles. The van der Waals surface area contributed by atoms with Crippen LogP contribution in [0.4, 0.5) is 0 Å². The zero-order valence-electron chi connectivity index (χ0n) is 13.7. The highest BCUT2D eigenvalue weighted by molar-refractivity contribution is 7.98. The average molecular weight is 330 g/mol. The Hall–Kier alpha value is -1.66. The van der Waals surface area contributed by atoms with Crippen LogP contribution in [0.3, 0.4) is 0 Å². The summed E-state index contributed by atoms with van der Waals surface area (Å²) in [5.41, 5.74) is 3.56. The molecule has 0 atom stereocenters. The topological polar surface area (TPSA) is 51.1 Å². The number of hydrogen-bond acceptors (Lipinski definition) is 6. The number of ether oxygens (including phenoxy) is 1.